The Morgan fingerprint density at radius 2 is 2.10 bits per heavy atom. The van der Waals surface area contributed by atoms with Crippen LogP contribution < -0.4 is 5.32 Å². The number of nitrogens with one attached hydrogen (secondary N) is 2. The highest BCUT2D eigenvalue weighted by molar-refractivity contribution is 7.99. The molecule has 0 aromatic carbocycles. The molecule has 20 heavy (non-hydrogen) atoms. The van der Waals surface area contributed by atoms with Gasteiger partial charge < -0.3 is 5.32 Å². The molecule has 0 saturated carbocycles. The van der Waals surface area contributed by atoms with Crippen molar-refractivity contribution in [2.45, 2.75) is 31.8 Å². The van der Waals surface area contributed by atoms with Gasteiger partial charge in [-0.15, -0.1) is 0 Å². The minimum absolute atomic E-state index is 0.186. The van der Waals surface area contributed by atoms with Crippen LogP contribution in [0.4, 0.5) is 0 Å². The van der Waals surface area contributed by atoms with E-state index in [1.807, 2.05) is 6.92 Å². The number of H-pyrrole nitrogens is 1. The second-order valence-electron chi connectivity index (χ2n) is 4.83. The molecule has 2 heterocycles. The second kappa shape index (κ2) is 6.93. The van der Waals surface area contributed by atoms with E-state index in [9.17, 15) is 8.42 Å². The minimum atomic E-state index is -3.47. The van der Waals surface area contributed by atoms with Gasteiger partial charge in [0, 0.05) is 42.4 Å². The van der Waals surface area contributed by atoms with Gasteiger partial charge in [0.2, 0.25) is 0 Å². The number of aromatic amines is 1. The van der Waals surface area contributed by atoms with Gasteiger partial charge >= 0.3 is 0 Å². The Bertz CT molecular complexity index is 536. The van der Waals surface area contributed by atoms with E-state index in [0.717, 1.165) is 35.7 Å². The highest BCUT2D eigenvalue weighted by atomic mass is 32.2. The molecule has 1 aromatic rings. The summed E-state index contributed by atoms with van der Waals surface area (Å²) >= 11 is 1.79. The topological polar surface area (TPSA) is 78.1 Å². The molecule has 1 aliphatic heterocycles. The number of sulfonamides is 1. The van der Waals surface area contributed by atoms with Crippen LogP contribution in [0.5, 0.6) is 0 Å². The molecule has 0 unspecified atom stereocenters. The predicted molar refractivity (Wildman–Crippen MR) is 81.4 cm³/mol. The maximum absolute atomic E-state index is 12.7. The third kappa shape index (κ3) is 3.36. The van der Waals surface area contributed by atoms with Gasteiger partial charge in [-0.3, -0.25) is 5.10 Å². The van der Waals surface area contributed by atoms with E-state index in [0.29, 0.717) is 19.6 Å². The minimum Gasteiger partial charge on any atom is -0.313 e. The summed E-state index contributed by atoms with van der Waals surface area (Å²) in [5.41, 5.74) is 1.58. The van der Waals surface area contributed by atoms with Crippen LogP contribution in [0.25, 0.3) is 0 Å². The summed E-state index contributed by atoms with van der Waals surface area (Å²) in [6.07, 6.45) is 1.02. The zero-order chi connectivity index (χ0) is 14.6. The molecule has 0 bridgehead atoms. The van der Waals surface area contributed by atoms with E-state index in [-0.39, 0.29) is 5.03 Å². The Morgan fingerprint density at radius 1 is 1.40 bits per heavy atom. The van der Waals surface area contributed by atoms with E-state index in [1.165, 1.54) is 0 Å². The first kappa shape index (κ1) is 15.8. The van der Waals surface area contributed by atoms with Gasteiger partial charge in [0.1, 0.15) is 0 Å². The SMILES string of the molecule is CCCNCc1c(S(=O)(=O)N2CCSCC2)n[nH]c1C. The van der Waals surface area contributed by atoms with E-state index in [4.69, 9.17) is 0 Å². The summed E-state index contributed by atoms with van der Waals surface area (Å²) in [5, 5.41) is 10.3. The third-order valence-electron chi connectivity index (χ3n) is 3.32. The second-order valence-corrected chi connectivity index (χ2v) is 7.90. The van der Waals surface area contributed by atoms with Gasteiger partial charge in [-0.2, -0.15) is 21.2 Å². The van der Waals surface area contributed by atoms with E-state index < -0.39 is 10.0 Å². The highest BCUT2D eigenvalue weighted by Crippen LogP contribution is 2.23. The molecule has 0 radical (unpaired) electrons. The zero-order valence-corrected chi connectivity index (χ0v) is 13.6. The third-order valence-corrected chi connectivity index (χ3v) is 6.13. The number of aromatic nitrogens is 2. The number of hydrogen-bond acceptors (Lipinski definition) is 5. The molecule has 2 rings (SSSR count). The number of thioether (sulfide) groups is 1. The van der Waals surface area contributed by atoms with E-state index >= 15 is 0 Å². The van der Waals surface area contributed by atoms with Gasteiger partial charge in [-0.05, 0) is 19.9 Å². The normalized spacial score (nSPS) is 17.5. The van der Waals surface area contributed by atoms with Gasteiger partial charge in [0.25, 0.3) is 10.0 Å². The number of rotatable bonds is 6. The van der Waals surface area contributed by atoms with Crippen molar-refractivity contribution >= 4 is 21.8 Å². The zero-order valence-electron chi connectivity index (χ0n) is 12.0. The van der Waals surface area contributed by atoms with Crippen molar-refractivity contribution in [1.29, 1.82) is 0 Å². The lowest BCUT2D eigenvalue weighted by atomic mass is 10.2. The molecule has 6 nitrogen and oxygen atoms in total. The summed E-state index contributed by atoms with van der Waals surface area (Å²) in [7, 11) is -3.47. The first-order valence-corrected chi connectivity index (χ1v) is 9.49. The average Bonchev–Trinajstić information content (AvgIpc) is 2.82. The molecule has 0 spiro atoms. The lowest BCUT2D eigenvalue weighted by Gasteiger charge is -2.25. The first-order valence-electron chi connectivity index (χ1n) is 6.89. The van der Waals surface area contributed by atoms with Crippen molar-refractivity contribution in [1.82, 2.24) is 19.8 Å². The molecule has 0 aliphatic carbocycles. The lowest BCUT2D eigenvalue weighted by Crippen LogP contribution is -2.38. The van der Waals surface area contributed by atoms with Crippen molar-refractivity contribution in [3.8, 4) is 0 Å². The maximum Gasteiger partial charge on any atom is 0.262 e. The molecule has 1 saturated heterocycles. The molecular formula is C12H22N4O2S2. The Morgan fingerprint density at radius 3 is 2.75 bits per heavy atom. The van der Waals surface area contributed by atoms with Crippen LogP contribution in [-0.2, 0) is 16.6 Å². The molecule has 2 N–H and O–H groups in total. The predicted octanol–water partition coefficient (Wildman–Crippen LogP) is 0.955. The summed E-state index contributed by atoms with van der Waals surface area (Å²) in [5.74, 6) is 1.71. The number of hydrogen-bond donors (Lipinski definition) is 2. The Labute approximate surface area is 124 Å². The van der Waals surface area contributed by atoms with Gasteiger partial charge in [-0.25, -0.2) is 8.42 Å². The van der Waals surface area contributed by atoms with Crippen molar-refractivity contribution < 1.29 is 8.42 Å². The summed E-state index contributed by atoms with van der Waals surface area (Å²) in [6, 6.07) is 0. The van der Waals surface area contributed by atoms with E-state index in [2.05, 4.69) is 22.4 Å². The average molecular weight is 318 g/mol. The molecule has 114 valence electrons. The van der Waals surface area contributed by atoms with E-state index in [1.54, 1.807) is 16.1 Å². The fourth-order valence-electron chi connectivity index (χ4n) is 2.15. The fraction of sp³-hybridized carbons (Fsp3) is 0.750. The first-order chi connectivity index (χ1) is 9.57. The van der Waals surface area contributed by atoms with Gasteiger partial charge in [0.15, 0.2) is 5.03 Å². The number of nitrogens with zero attached hydrogens (tertiary/aromatic N) is 2. The monoisotopic (exact) mass is 318 g/mol. The van der Waals surface area contributed by atoms with Crippen LogP contribution in [0.2, 0.25) is 0 Å². The van der Waals surface area contributed by atoms with Gasteiger partial charge in [-0.1, -0.05) is 6.92 Å². The van der Waals surface area contributed by atoms with Crippen molar-refractivity contribution in [2.75, 3.05) is 31.1 Å². The molecule has 1 aliphatic rings. The Kier molecular flexibility index (Phi) is 5.48. The molecular weight excluding hydrogens is 296 g/mol. The fourth-order valence-corrected chi connectivity index (χ4v) is 4.89. The standard InChI is InChI=1S/C12H22N4O2S2/c1-3-4-13-9-11-10(2)14-15-12(11)20(17,18)16-5-7-19-8-6-16/h13H,3-9H2,1-2H3,(H,14,15). The highest BCUT2D eigenvalue weighted by Gasteiger charge is 2.31. The quantitative estimate of drug-likeness (QED) is 0.764. The molecule has 0 amide bonds. The Hall–Kier alpha value is -0.570. The van der Waals surface area contributed by atoms with Crippen LogP contribution in [0.15, 0.2) is 5.03 Å². The summed E-state index contributed by atoms with van der Waals surface area (Å²) in [4.78, 5) is 0. The van der Waals surface area contributed by atoms with Crippen LogP contribution in [0.1, 0.15) is 24.6 Å². The molecule has 0 atom stereocenters. The van der Waals surface area contributed by atoms with Crippen LogP contribution in [0.3, 0.4) is 0 Å². The van der Waals surface area contributed by atoms with Crippen LogP contribution in [0, 0.1) is 6.92 Å². The van der Waals surface area contributed by atoms with Crippen molar-refractivity contribution in [3.05, 3.63) is 11.3 Å². The van der Waals surface area contributed by atoms with Gasteiger partial charge in [0.05, 0.1) is 0 Å². The summed E-state index contributed by atoms with van der Waals surface area (Å²) in [6.45, 7) is 6.48. The Balaban J connectivity index is 2.22. The summed E-state index contributed by atoms with van der Waals surface area (Å²) < 4.78 is 26.9. The maximum atomic E-state index is 12.7. The smallest absolute Gasteiger partial charge is 0.262 e. The van der Waals surface area contributed by atoms with Crippen molar-refractivity contribution in [3.63, 3.8) is 0 Å². The largest absolute Gasteiger partial charge is 0.313 e. The molecule has 1 aromatic heterocycles. The molecule has 1 fully saturated rings. The van der Waals surface area contributed by atoms with Crippen LogP contribution >= 0.6 is 11.8 Å². The van der Waals surface area contributed by atoms with Crippen molar-refractivity contribution in [2.24, 2.45) is 0 Å². The number of aryl methyl sites for hydroxylation is 1. The lowest BCUT2D eigenvalue weighted by molar-refractivity contribution is 0.440. The van der Waals surface area contributed by atoms with Crippen LogP contribution in [-0.4, -0.2) is 54.1 Å². The molecule has 8 heteroatoms.